The maximum absolute atomic E-state index is 5.05. The third-order valence-electron chi connectivity index (χ3n) is 3.83. The van der Waals surface area contributed by atoms with Crippen molar-refractivity contribution >= 4 is 11.3 Å². The van der Waals surface area contributed by atoms with Crippen LogP contribution in [-0.2, 0) is 17.6 Å². The van der Waals surface area contributed by atoms with Gasteiger partial charge in [0.05, 0.1) is 12.1 Å². The van der Waals surface area contributed by atoms with Crippen LogP contribution in [0.5, 0.6) is 0 Å². The molecule has 0 saturated heterocycles. The van der Waals surface area contributed by atoms with Crippen molar-refractivity contribution in [2.45, 2.75) is 19.3 Å². The van der Waals surface area contributed by atoms with E-state index >= 15 is 0 Å². The van der Waals surface area contributed by atoms with Crippen LogP contribution in [0.15, 0.2) is 17.1 Å². The van der Waals surface area contributed by atoms with Crippen molar-refractivity contribution in [3.05, 3.63) is 28.3 Å². The average molecular weight is 304 g/mol. The summed E-state index contributed by atoms with van der Waals surface area (Å²) in [7, 11) is 1.73. The van der Waals surface area contributed by atoms with E-state index in [2.05, 4.69) is 15.3 Å². The van der Waals surface area contributed by atoms with E-state index < -0.39 is 0 Å². The van der Waals surface area contributed by atoms with Crippen LogP contribution in [0.1, 0.15) is 17.7 Å². The monoisotopic (exact) mass is 304 g/mol. The number of methoxy groups -OCH3 is 1. The molecule has 2 heterocycles. The Balaban J connectivity index is 1.62. The summed E-state index contributed by atoms with van der Waals surface area (Å²) >= 11 is 1.58. The lowest BCUT2D eigenvalue weighted by atomic mass is 9.87. The highest BCUT2D eigenvalue weighted by Gasteiger charge is 2.20. The standard InChI is InChI=1S/C15H20N4OS/c1-20-5-4-16-7-11-2-3-13-12(6-11)8-17-15(19-13)14-9-21-10-18-14/h8-11,16H,2-7H2,1H3. The van der Waals surface area contributed by atoms with Gasteiger partial charge in [-0.25, -0.2) is 15.0 Å². The molecule has 1 atom stereocenters. The lowest BCUT2D eigenvalue weighted by Gasteiger charge is -2.24. The Hall–Kier alpha value is -1.37. The van der Waals surface area contributed by atoms with Gasteiger partial charge >= 0.3 is 0 Å². The summed E-state index contributed by atoms with van der Waals surface area (Å²) < 4.78 is 5.05. The van der Waals surface area contributed by atoms with Gasteiger partial charge in [0.25, 0.3) is 0 Å². The van der Waals surface area contributed by atoms with Crippen LogP contribution in [-0.4, -0.2) is 41.8 Å². The van der Waals surface area contributed by atoms with E-state index in [0.717, 1.165) is 44.1 Å². The number of nitrogens with zero attached hydrogens (tertiary/aromatic N) is 3. The van der Waals surface area contributed by atoms with Crippen molar-refractivity contribution in [3.8, 4) is 11.5 Å². The van der Waals surface area contributed by atoms with Crippen LogP contribution in [0.3, 0.4) is 0 Å². The summed E-state index contributed by atoms with van der Waals surface area (Å²) in [4.78, 5) is 13.4. The molecule has 21 heavy (non-hydrogen) atoms. The molecule has 0 bridgehead atoms. The fourth-order valence-electron chi connectivity index (χ4n) is 2.68. The van der Waals surface area contributed by atoms with Crippen LogP contribution in [0.25, 0.3) is 11.5 Å². The van der Waals surface area contributed by atoms with Gasteiger partial charge in [0, 0.05) is 30.9 Å². The third kappa shape index (κ3) is 3.64. The lowest BCUT2D eigenvalue weighted by molar-refractivity contribution is 0.197. The van der Waals surface area contributed by atoms with E-state index in [1.807, 2.05) is 17.1 Å². The average Bonchev–Trinajstić information content (AvgIpc) is 3.05. The third-order valence-corrected chi connectivity index (χ3v) is 4.42. The zero-order valence-electron chi connectivity index (χ0n) is 12.2. The van der Waals surface area contributed by atoms with Crippen LogP contribution in [0, 0.1) is 5.92 Å². The Morgan fingerprint density at radius 1 is 1.43 bits per heavy atom. The second-order valence-corrected chi connectivity index (χ2v) is 6.06. The number of fused-ring (bicyclic) bond motifs is 1. The molecule has 5 nitrogen and oxygen atoms in total. The number of nitrogens with one attached hydrogen (secondary N) is 1. The minimum atomic E-state index is 0.670. The number of ether oxygens (including phenoxy) is 1. The molecule has 6 heteroatoms. The zero-order chi connectivity index (χ0) is 14.5. The van der Waals surface area contributed by atoms with Gasteiger partial charge in [-0.15, -0.1) is 11.3 Å². The number of aryl methyl sites for hydroxylation is 1. The summed E-state index contributed by atoms with van der Waals surface area (Å²) in [5.41, 5.74) is 5.19. The van der Waals surface area contributed by atoms with Gasteiger partial charge in [-0.1, -0.05) is 0 Å². The van der Waals surface area contributed by atoms with E-state index in [4.69, 9.17) is 9.72 Å². The molecule has 0 fully saturated rings. The second kappa shape index (κ2) is 7.06. The largest absolute Gasteiger partial charge is 0.383 e. The summed E-state index contributed by atoms with van der Waals surface area (Å²) in [6.45, 7) is 2.72. The maximum atomic E-state index is 5.05. The van der Waals surface area contributed by atoms with Crippen LogP contribution >= 0.6 is 11.3 Å². The molecule has 1 N–H and O–H groups in total. The molecule has 3 rings (SSSR count). The van der Waals surface area contributed by atoms with Crippen molar-refractivity contribution in [3.63, 3.8) is 0 Å². The molecule has 112 valence electrons. The highest BCUT2D eigenvalue weighted by atomic mass is 32.1. The van der Waals surface area contributed by atoms with E-state index in [1.165, 1.54) is 17.7 Å². The van der Waals surface area contributed by atoms with Crippen LogP contribution < -0.4 is 5.32 Å². The topological polar surface area (TPSA) is 59.9 Å². The van der Waals surface area contributed by atoms with Crippen molar-refractivity contribution in [1.29, 1.82) is 0 Å². The van der Waals surface area contributed by atoms with Crippen molar-refractivity contribution in [1.82, 2.24) is 20.3 Å². The quantitative estimate of drug-likeness (QED) is 0.827. The second-order valence-electron chi connectivity index (χ2n) is 5.34. The summed E-state index contributed by atoms with van der Waals surface area (Å²) in [5.74, 6) is 1.43. The molecule has 0 spiro atoms. The molecule has 1 aliphatic carbocycles. The molecule has 0 aliphatic heterocycles. The smallest absolute Gasteiger partial charge is 0.179 e. The molecule has 0 radical (unpaired) electrons. The first-order valence-electron chi connectivity index (χ1n) is 7.30. The first-order chi connectivity index (χ1) is 10.4. The predicted octanol–water partition coefficient (Wildman–Crippen LogP) is 1.94. The van der Waals surface area contributed by atoms with Gasteiger partial charge in [-0.2, -0.15) is 0 Å². The predicted molar refractivity (Wildman–Crippen MR) is 83.4 cm³/mol. The van der Waals surface area contributed by atoms with E-state index in [1.54, 1.807) is 18.4 Å². The molecular formula is C15H20N4OS. The summed E-state index contributed by atoms with van der Waals surface area (Å²) in [5, 5.41) is 5.44. The Labute approximate surface area is 128 Å². The SMILES string of the molecule is COCCNCC1CCc2nc(-c3cscn3)ncc2C1. The minimum absolute atomic E-state index is 0.670. The van der Waals surface area contributed by atoms with Gasteiger partial charge in [0.2, 0.25) is 0 Å². The molecule has 1 aliphatic rings. The first-order valence-corrected chi connectivity index (χ1v) is 8.24. The van der Waals surface area contributed by atoms with Crippen LogP contribution in [0.2, 0.25) is 0 Å². The minimum Gasteiger partial charge on any atom is -0.383 e. The van der Waals surface area contributed by atoms with Crippen molar-refractivity contribution < 1.29 is 4.74 Å². The van der Waals surface area contributed by atoms with Gasteiger partial charge in [-0.3, -0.25) is 0 Å². The molecule has 2 aromatic heterocycles. The molecule has 1 unspecified atom stereocenters. The summed E-state index contributed by atoms with van der Waals surface area (Å²) in [6, 6.07) is 0. The number of hydrogen-bond donors (Lipinski definition) is 1. The Bertz CT molecular complexity index is 573. The van der Waals surface area contributed by atoms with Gasteiger partial charge in [0.15, 0.2) is 5.82 Å². The van der Waals surface area contributed by atoms with Gasteiger partial charge in [-0.05, 0) is 37.3 Å². The fraction of sp³-hybridized carbons (Fsp3) is 0.533. The highest BCUT2D eigenvalue weighted by molar-refractivity contribution is 7.07. The number of hydrogen-bond acceptors (Lipinski definition) is 6. The first kappa shape index (κ1) is 14.6. The Kier molecular flexibility index (Phi) is 4.90. The Morgan fingerprint density at radius 3 is 3.19 bits per heavy atom. The van der Waals surface area contributed by atoms with Crippen LogP contribution in [0.4, 0.5) is 0 Å². The molecule has 2 aromatic rings. The fourth-order valence-corrected chi connectivity index (χ4v) is 3.21. The molecule has 0 amide bonds. The van der Waals surface area contributed by atoms with E-state index in [0.29, 0.717) is 5.92 Å². The van der Waals surface area contributed by atoms with Crippen molar-refractivity contribution in [2.75, 3.05) is 26.8 Å². The number of aromatic nitrogens is 3. The molecule has 0 aromatic carbocycles. The normalized spacial score (nSPS) is 17.7. The molecule has 0 saturated carbocycles. The van der Waals surface area contributed by atoms with E-state index in [-0.39, 0.29) is 0 Å². The number of thiazole rings is 1. The highest BCUT2D eigenvalue weighted by Crippen LogP contribution is 2.25. The molecular weight excluding hydrogens is 284 g/mol. The van der Waals surface area contributed by atoms with Crippen molar-refractivity contribution in [2.24, 2.45) is 5.92 Å². The lowest BCUT2D eigenvalue weighted by Crippen LogP contribution is -2.30. The summed E-state index contributed by atoms with van der Waals surface area (Å²) in [6.07, 6.45) is 5.26. The Morgan fingerprint density at radius 2 is 2.38 bits per heavy atom. The zero-order valence-corrected chi connectivity index (χ0v) is 13.0. The van der Waals surface area contributed by atoms with E-state index in [9.17, 15) is 0 Å². The van der Waals surface area contributed by atoms with Gasteiger partial charge < -0.3 is 10.1 Å². The number of rotatable bonds is 6. The maximum Gasteiger partial charge on any atom is 0.179 e. The van der Waals surface area contributed by atoms with Gasteiger partial charge in [0.1, 0.15) is 5.69 Å².